The molecule has 0 radical (unpaired) electrons. The summed E-state index contributed by atoms with van der Waals surface area (Å²) in [6.45, 7) is 7.97. The summed E-state index contributed by atoms with van der Waals surface area (Å²) >= 11 is 0. The highest BCUT2D eigenvalue weighted by Crippen LogP contribution is 2.18. The number of aliphatic hydroxyl groups excluding tert-OH is 1. The van der Waals surface area contributed by atoms with Gasteiger partial charge in [0.05, 0.1) is 6.61 Å². The molecule has 1 aromatic carbocycles. The van der Waals surface area contributed by atoms with E-state index < -0.39 is 0 Å². The van der Waals surface area contributed by atoms with Crippen molar-refractivity contribution in [2.45, 2.75) is 32.9 Å². The summed E-state index contributed by atoms with van der Waals surface area (Å²) in [4.78, 5) is 2.56. The van der Waals surface area contributed by atoms with Crippen LogP contribution in [0.2, 0.25) is 0 Å². The molecule has 2 N–H and O–H groups in total. The van der Waals surface area contributed by atoms with Crippen LogP contribution in [0.3, 0.4) is 0 Å². The lowest BCUT2D eigenvalue weighted by Gasteiger charge is -2.32. The maximum atomic E-state index is 9.05. The van der Waals surface area contributed by atoms with Crippen LogP contribution < -0.4 is 5.32 Å². The molecule has 1 fully saturated rings. The maximum Gasteiger partial charge on any atom is 0.0681 e. The highest BCUT2D eigenvalue weighted by atomic mass is 16.3. The van der Waals surface area contributed by atoms with Crippen LogP contribution in [-0.2, 0) is 13.2 Å². The Hall–Kier alpha value is -0.900. The van der Waals surface area contributed by atoms with Gasteiger partial charge in [-0.25, -0.2) is 0 Å². The molecule has 1 saturated heterocycles. The van der Waals surface area contributed by atoms with Crippen LogP contribution in [-0.4, -0.2) is 36.2 Å². The Kier molecular flexibility index (Phi) is 5.83. The van der Waals surface area contributed by atoms with Crippen LogP contribution in [0.1, 0.15) is 30.9 Å². The first-order chi connectivity index (χ1) is 9.31. The Labute approximate surface area is 116 Å². The Bertz CT molecular complexity index is 364. The van der Waals surface area contributed by atoms with Gasteiger partial charge < -0.3 is 10.4 Å². The highest BCUT2D eigenvalue weighted by molar-refractivity contribution is 5.21. The molecule has 0 spiro atoms. The van der Waals surface area contributed by atoms with Gasteiger partial charge in [0.2, 0.25) is 0 Å². The summed E-state index contributed by atoms with van der Waals surface area (Å²) in [6, 6.07) is 8.32. The van der Waals surface area contributed by atoms with Crippen LogP contribution in [0.5, 0.6) is 0 Å². The van der Waals surface area contributed by atoms with E-state index in [1.807, 2.05) is 12.1 Å². The molecule has 1 aliphatic rings. The van der Waals surface area contributed by atoms with Gasteiger partial charge in [0, 0.05) is 13.1 Å². The van der Waals surface area contributed by atoms with Gasteiger partial charge in [-0.3, -0.25) is 4.90 Å². The number of likely N-dealkylation sites (tertiary alicyclic amines) is 1. The van der Waals surface area contributed by atoms with E-state index in [9.17, 15) is 0 Å². The molecule has 1 aliphatic heterocycles. The van der Waals surface area contributed by atoms with Crippen LogP contribution in [0.4, 0.5) is 0 Å². The molecule has 3 heteroatoms. The molecule has 0 bridgehead atoms. The van der Waals surface area contributed by atoms with Crippen molar-refractivity contribution < 1.29 is 5.11 Å². The minimum atomic E-state index is 0.134. The Morgan fingerprint density at radius 3 is 2.68 bits per heavy atom. The molecule has 1 atom stereocenters. The number of hydrogen-bond donors (Lipinski definition) is 2. The summed E-state index contributed by atoms with van der Waals surface area (Å²) in [6.07, 6.45) is 2.66. The second kappa shape index (κ2) is 7.63. The van der Waals surface area contributed by atoms with Crippen molar-refractivity contribution >= 4 is 0 Å². The fourth-order valence-corrected chi connectivity index (χ4v) is 2.82. The number of nitrogens with zero attached hydrogens (tertiary/aromatic N) is 1. The third-order valence-electron chi connectivity index (χ3n) is 3.90. The molecule has 0 aromatic heterocycles. The van der Waals surface area contributed by atoms with E-state index >= 15 is 0 Å². The van der Waals surface area contributed by atoms with Crippen LogP contribution in [0.15, 0.2) is 24.3 Å². The standard InChI is InChI=1S/C16H26N2O/c1-2-17-10-16-4-3-9-18(12-16)11-14-5-7-15(13-19)8-6-14/h5-8,16-17,19H,2-4,9-13H2,1H3. The number of benzene rings is 1. The number of hydrogen-bond acceptors (Lipinski definition) is 3. The van der Waals surface area contributed by atoms with Crippen LogP contribution >= 0.6 is 0 Å². The third-order valence-corrected chi connectivity index (χ3v) is 3.90. The van der Waals surface area contributed by atoms with Crippen LogP contribution in [0.25, 0.3) is 0 Å². The number of piperidine rings is 1. The van der Waals surface area contributed by atoms with Crippen molar-refractivity contribution in [2.24, 2.45) is 5.92 Å². The summed E-state index contributed by atoms with van der Waals surface area (Å²) in [5, 5.41) is 12.5. The lowest BCUT2D eigenvalue weighted by atomic mass is 9.97. The molecule has 0 aliphatic carbocycles. The lowest BCUT2D eigenvalue weighted by Crippen LogP contribution is -2.39. The van der Waals surface area contributed by atoms with E-state index in [-0.39, 0.29) is 6.61 Å². The summed E-state index contributed by atoms with van der Waals surface area (Å²) in [7, 11) is 0. The second-order valence-electron chi connectivity index (χ2n) is 5.53. The van der Waals surface area contributed by atoms with E-state index in [1.54, 1.807) is 0 Å². The quantitative estimate of drug-likeness (QED) is 0.823. The van der Waals surface area contributed by atoms with Gasteiger partial charge in [-0.2, -0.15) is 0 Å². The first-order valence-corrected chi connectivity index (χ1v) is 7.43. The van der Waals surface area contributed by atoms with Crippen molar-refractivity contribution in [2.75, 3.05) is 26.2 Å². The van der Waals surface area contributed by atoms with Gasteiger partial charge in [0.15, 0.2) is 0 Å². The molecule has 19 heavy (non-hydrogen) atoms. The van der Waals surface area contributed by atoms with E-state index in [0.717, 1.165) is 31.1 Å². The number of aliphatic hydroxyl groups is 1. The molecular formula is C16H26N2O. The smallest absolute Gasteiger partial charge is 0.0681 e. The summed E-state index contributed by atoms with van der Waals surface area (Å²) in [5.74, 6) is 0.797. The molecule has 1 unspecified atom stereocenters. The summed E-state index contributed by atoms with van der Waals surface area (Å²) < 4.78 is 0. The van der Waals surface area contributed by atoms with Crippen molar-refractivity contribution in [3.05, 3.63) is 35.4 Å². The third kappa shape index (κ3) is 4.60. The fraction of sp³-hybridized carbons (Fsp3) is 0.625. The average Bonchev–Trinajstić information content (AvgIpc) is 2.46. The monoisotopic (exact) mass is 262 g/mol. The zero-order valence-electron chi connectivity index (χ0n) is 11.9. The minimum Gasteiger partial charge on any atom is -0.392 e. The fourth-order valence-electron chi connectivity index (χ4n) is 2.82. The van der Waals surface area contributed by atoms with Gasteiger partial charge in [-0.05, 0) is 49.5 Å². The zero-order chi connectivity index (χ0) is 13.5. The first kappa shape index (κ1) is 14.5. The largest absolute Gasteiger partial charge is 0.392 e. The predicted molar refractivity (Wildman–Crippen MR) is 78.9 cm³/mol. The molecule has 106 valence electrons. The first-order valence-electron chi connectivity index (χ1n) is 7.43. The van der Waals surface area contributed by atoms with Gasteiger partial charge in [-0.15, -0.1) is 0 Å². The average molecular weight is 262 g/mol. The van der Waals surface area contributed by atoms with Gasteiger partial charge in [-0.1, -0.05) is 31.2 Å². The van der Waals surface area contributed by atoms with Crippen molar-refractivity contribution in [3.8, 4) is 0 Å². The molecule has 2 rings (SSSR count). The normalized spacial score (nSPS) is 20.6. The van der Waals surface area contributed by atoms with Crippen LogP contribution in [0, 0.1) is 5.92 Å². The van der Waals surface area contributed by atoms with Crippen molar-refractivity contribution in [1.82, 2.24) is 10.2 Å². The molecule has 0 amide bonds. The number of rotatable bonds is 6. The minimum absolute atomic E-state index is 0.134. The maximum absolute atomic E-state index is 9.05. The van der Waals surface area contributed by atoms with Gasteiger partial charge >= 0.3 is 0 Å². The Morgan fingerprint density at radius 1 is 1.26 bits per heavy atom. The molecule has 1 heterocycles. The lowest BCUT2D eigenvalue weighted by molar-refractivity contribution is 0.166. The van der Waals surface area contributed by atoms with E-state index in [0.29, 0.717) is 0 Å². The Morgan fingerprint density at radius 2 is 2.00 bits per heavy atom. The predicted octanol–water partition coefficient (Wildman–Crippen LogP) is 2.00. The van der Waals surface area contributed by atoms with Gasteiger partial charge in [0.1, 0.15) is 0 Å². The van der Waals surface area contributed by atoms with E-state index in [1.165, 1.54) is 31.5 Å². The molecule has 1 aromatic rings. The topological polar surface area (TPSA) is 35.5 Å². The van der Waals surface area contributed by atoms with Gasteiger partial charge in [0.25, 0.3) is 0 Å². The molecule has 0 saturated carbocycles. The highest BCUT2D eigenvalue weighted by Gasteiger charge is 2.19. The molecular weight excluding hydrogens is 236 g/mol. The van der Waals surface area contributed by atoms with Crippen molar-refractivity contribution in [1.29, 1.82) is 0 Å². The van der Waals surface area contributed by atoms with E-state index in [2.05, 4.69) is 29.3 Å². The SMILES string of the molecule is CCNCC1CCCN(Cc2ccc(CO)cc2)C1. The van der Waals surface area contributed by atoms with E-state index in [4.69, 9.17) is 5.11 Å². The number of nitrogens with one attached hydrogen (secondary N) is 1. The second-order valence-corrected chi connectivity index (χ2v) is 5.53. The van der Waals surface area contributed by atoms with Crippen molar-refractivity contribution in [3.63, 3.8) is 0 Å². The summed E-state index contributed by atoms with van der Waals surface area (Å²) in [5.41, 5.74) is 2.34. The Balaban J connectivity index is 1.83. The zero-order valence-corrected chi connectivity index (χ0v) is 11.9. The molecule has 3 nitrogen and oxygen atoms in total.